The zero-order chi connectivity index (χ0) is 19.8. The first kappa shape index (κ1) is 18.4. The lowest BCUT2D eigenvalue weighted by Gasteiger charge is -2.40. The Labute approximate surface area is 162 Å². The Bertz CT molecular complexity index is 906. The average molecular weight is 385 g/mol. The fourth-order valence-electron chi connectivity index (χ4n) is 4.06. The van der Waals surface area contributed by atoms with Gasteiger partial charge < -0.3 is 14.7 Å². The zero-order valence-electron chi connectivity index (χ0n) is 15.5. The summed E-state index contributed by atoms with van der Waals surface area (Å²) in [6, 6.07) is 11.9. The second kappa shape index (κ2) is 7.22. The van der Waals surface area contributed by atoms with Crippen LogP contribution in [-0.2, 0) is 17.8 Å². The number of carbonyl (C=O) groups excluding carboxylic acids is 2. The molecule has 2 atom stereocenters. The Balaban J connectivity index is 1.57. The van der Waals surface area contributed by atoms with Crippen molar-refractivity contribution in [3.8, 4) is 0 Å². The van der Waals surface area contributed by atoms with Gasteiger partial charge in [-0.3, -0.25) is 4.79 Å². The summed E-state index contributed by atoms with van der Waals surface area (Å²) in [4.78, 5) is 30.7. The molecule has 0 spiro atoms. The molecule has 2 aliphatic heterocycles. The minimum Gasteiger partial charge on any atom is -0.342 e. The van der Waals surface area contributed by atoms with Crippen LogP contribution in [0, 0.1) is 11.6 Å². The van der Waals surface area contributed by atoms with Crippen LogP contribution in [-0.4, -0.2) is 58.9 Å². The molecular weight excluding hydrogens is 364 g/mol. The van der Waals surface area contributed by atoms with E-state index < -0.39 is 17.7 Å². The first-order valence-electron chi connectivity index (χ1n) is 9.24. The number of hydrogen-bond acceptors (Lipinski definition) is 2. The van der Waals surface area contributed by atoms with E-state index in [-0.39, 0.29) is 30.1 Å². The van der Waals surface area contributed by atoms with Gasteiger partial charge in [0.25, 0.3) is 0 Å². The third-order valence-electron chi connectivity index (χ3n) is 5.45. The maximum atomic E-state index is 14.0. The first-order chi connectivity index (χ1) is 13.4. The maximum Gasteiger partial charge on any atom is 0.321 e. The Morgan fingerprint density at radius 3 is 2.50 bits per heavy atom. The zero-order valence-corrected chi connectivity index (χ0v) is 15.5. The van der Waals surface area contributed by atoms with E-state index in [1.807, 2.05) is 30.3 Å². The second-order valence-corrected chi connectivity index (χ2v) is 7.38. The Hall–Kier alpha value is -2.96. The average Bonchev–Trinajstić information content (AvgIpc) is 2.97. The van der Waals surface area contributed by atoms with Gasteiger partial charge >= 0.3 is 6.03 Å². The number of carbonyl (C=O) groups is 2. The predicted molar refractivity (Wildman–Crippen MR) is 99.4 cm³/mol. The van der Waals surface area contributed by atoms with Gasteiger partial charge in [0, 0.05) is 38.2 Å². The van der Waals surface area contributed by atoms with Crippen molar-refractivity contribution >= 4 is 11.9 Å². The molecule has 146 valence electrons. The van der Waals surface area contributed by atoms with Gasteiger partial charge in [0.1, 0.15) is 17.7 Å². The topological polar surface area (TPSA) is 43.9 Å². The highest BCUT2D eigenvalue weighted by Crippen LogP contribution is 2.28. The molecule has 2 saturated heterocycles. The minimum absolute atomic E-state index is 0.0495. The molecule has 3 amide bonds. The van der Waals surface area contributed by atoms with Crippen molar-refractivity contribution in [2.75, 3.05) is 20.1 Å². The fourth-order valence-corrected chi connectivity index (χ4v) is 4.06. The smallest absolute Gasteiger partial charge is 0.321 e. The van der Waals surface area contributed by atoms with Crippen LogP contribution < -0.4 is 0 Å². The molecule has 5 nitrogen and oxygen atoms in total. The van der Waals surface area contributed by atoms with Gasteiger partial charge in [0.2, 0.25) is 5.91 Å². The van der Waals surface area contributed by atoms with E-state index in [4.69, 9.17) is 0 Å². The van der Waals surface area contributed by atoms with E-state index in [9.17, 15) is 18.4 Å². The van der Waals surface area contributed by atoms with E-state index in [0.29, 0.717) is 19.5 Å². The molecule has 0 aromatic heterocycles. The van der Waals surface area contributed by atoms with Crippen LogP contribution in [0.2, 0.25) is 0 Å². The molecule has 0 bridgehead atoms. The summed E-state index contributed by atoms with van der Waals surface area (Å²) in [6.45, 7) is 0.894. The molecule has 0 aliphatic carbocycles. The molecule has 28 heavy (non-hydrogen) atoms. The number of hydrogen-bond donors (Lipinski definition) is 0. The molecule has 0 unspecified atom stereocenters. The highest BCUT2D eigenvalue weighted by molar-refractivity contribution is 5.90. The lowest BCUT2D eigenvalue weighted by molar-refractivity contribution is -0.139. The molecular formula is C21H21F2N3O2. The monoisotopic (exact) mass is 385 g/mol. The van der Waals surface area contributed by atoms with E-state index in [1.54, 1.807) is 16.8 Å². The van der Waals surface area contributed by atoms with Crippen LogP contribution in [0.25, 0.3) is 0 Å². The summed E-state index contributed by atoms with van der Waals surface area (Å²) < 4.78 is 27.2. The molecule has 2 fully saturated rings. The van der Waals surface area contributed by atoms with Crippen molar-refractivity contribution in [1.82, 2.24) is 14.7 Å². The molecule has 4 rings (SSSR count). The second-order valence-electron chi connectivity index (χ2n) is 7.38. The molecule has 0 radical (unpaired) electrons. The maximum absolute atomic E-state index is 14.0. The largest absolute Gasteiger partial charge is 0.342 e. The van der Waals surface area contributed by atoms with Gasteiger partial charge in [-0.2, -0.15) is 0 Å². The van der Waals surface area contributed by atoms with Crippen molar-refractivity contribution in [2.24, 2.45) is 0 Å². The quantitative estimate of drug-likeness (QED) is 0.812. The molecule has 0 N–H and O–H groups in total. The van der Waals surface area contributed by atoms with Gasteiger partial charge in [-0.15, -0.1) is 0 Å². The van der Waals surface area contributed by atoms with Crippen molar-refractivity contribution in [1.29, 1.82) is 0 Å². The summed E-state index contributed by atoms with van der Waals surface area (Å²) in [5.74, 6) is -1.42. The van der Waals surface area contributed by atoms with Gasteiger partial charge in [0.05, 0.1) is 12.6 Å². The number of nitrogens with zero attached hydrogens (tertiary/aromatic N) is 3. The minimum atomic E-state index is -0.674. The highest BCUT2D eigenvalue weighted by atomic mass is 19.1. The van der Waals surface area contributed by atoms with Gasteiger partial charge in [-0.05, 0) is 11.6 Å². The fraction of sp³-hybridized carbons (Fsp3) is 0.333. The van der Waals surface area contributed by atoms with E-state index >= 15 is 0 Å². The van der Waals surface area contributed by atoms with Crippen LogP contribution in [0.1, 0.15) is 11.1 Å². The number of urea groups is 1. The molecule has 2 aromatic rings. The Morgan fingerprint density at radius 2 is 1.79 bits per heavy atom. The van der Waals surface area contributed by atoms with Gasteiger partial charge in [-0.1, -0.05) is 36.4 Å². The van der Waals surface area contributed by atoms with Crippen LogP contribution in [0.4, 0.5) is 13.6 Å². The number of likely N-dealkylation sites (N-methyl/N-ethyl adjacent to an activating group) is 1. The summed E-state index contributed by atoms with van der Waals surface area (Å²) in [5.41, 5.74) is 1.24. The van der Waals surface area contributed by atoms with Crippen LogP contribution in [0.15, 0.2) is 48.5 Å². The third kappa shape index (κ3) is 3.32. The molecule has 2 aliphatic rings. The first-order valence-corrected chi connectivity index (χ1v) is 9.24. The van der Waals surface area contributed by atoms with Crippen molar-refractivity contribution in [3.63, 3.8) is 0 Å². The predicted octanol–water partition coefficient (Wildman–Crippen LogP) is 2.65. The van der Waals surface area contributed by atoms with Gasteiger partial charge in [-0.25, -0.2) is 13.6 Å². The summed E-state index contributed by atoms with van der Waals surface area (Å²) in [7, 11) is 1.74. The van der Waals surface area contributed by atoms with Crippen molar-refractivity contribution < 1.29 is 18.4 Å². The molecule has 7 heteroatoms. The number of benzene rings is 2. The molecule has 2 heterocycles. The SMILES string of the molecule is CN1C[C@H]2CN(Cc3ccc(F)cc3F)C(=O)N2[C@@H](Cc2ccccc2)C1=O. The number of amides is 3. The van der Waals surface area contributed by atoms with Gasteiger partial charge in [0.15, 0.2) is 0 Å². The number of piperazine rings is 1. The van der Waals surface area contributed by atoms with Crippen LogP contribution in [0.5, 0.6) is 0 Å². The van der Waals surface area contributed by atoms with Crippen LogP contribution in [0.3, 0.4) is 0 Å². The standard InChI is InChI=1S/C21H21F2N3O2/c1-24-12-17-13-25(11-15-7-8-16(22)10-18(15)23)21(28)26(17)19(20(24)27)9-14-5-3-2-4-6-14/h2-8,10,17,19H,9,11-13H2,1H3/t17-,19-/m0/s1. The Morgan fingerprint density at radius 1 is 1.04 bits per heavy atom. The Kier molecular flexibility index (Phi) is 4.75. The molecule has 2 aromatic carbocycles. The van der Waals surface area contributed by atoms with Crippen LogP contribution >= 0.6 is 0 Å². The lowest BCUT2D eigenvalue weighted by atomic mass is 9.99. The molecule has 0 saturated carbocycles. The summed E-state index contributed by atoms with van der Waals surface area (Å²) >= 11 is 0. The number of halogens is 2. The van der Waals surface area contributed by atoms with Crippen molar-refractivity contribution in [2.45, 2.75) is 25.0 Å². The summed E-state index contributed by atoms with van der Waals surface area (Å²) in [5, 5.41) is 0. The lowest BCUT2D eigenvalue weighted by Crippen LogP contribution is -2.60. The normalized spacial score (nSPS) is 22.0. The van der Waals surface area contributed by atoms with E-state index in [0.717, 1.165) is 11.6 Å². The van der Waals surface area contributed by atoms with E-state index in [2.05, 4.69) is 0 Å². The van der Waals surface area contributed by atoms with E-state index in [1.165, 1.54) is 17.0 Å². The van der Waals surface area contributed by atoms with Crippen molar-refractivity contribution in [3.05, 3.63) is 71.3 Å². The third-order valence-corrected chi connectivity index (χ3v) is 5.45. The number of fused-ring (bicyclic) bond motifs is 1. The highest BCUT2D eigenvalue weighted by Gasteiger charge is 2.48. The summed E-state index contributed by atoms with van der Waals surface area (Å²) in [6.07, 6.45) is 0.436. The number of rotatable bonds is 4.